The molecule has 1 aromatic rings. The van der Waals surface area contributed by atoms with Gasteiger partial charge in [-0.25, -0.2) is 8.78 Å². The number of benzene rings is 1. The van der Waals surface area contributed by atoms with Crippen molar-refractivity contribution in [2.45, 2.75) is 19.6 Å². The summed E-state index contributed by atoms with van der Waals surface area (Å²) in [5, 5.41) is 2.93. The Morgan fingerprint density at radius 2 is 1.93 bits per heavy atom. The Kier molecular flexibility index (Phi) is 4.65. The average Bonchev–Trinajstić information content (AvgIpc) is 2.22. The average molecular weight is 215 g/mol. The van der Waals surface area contributed by atoms with Crippen LogP contribution in [-0.4, -0.2) is 19.8 Å². The molecule has 0 radical (unpaired) electrons. The molecule has 1 atom stereocenters. The first-order valence-electron chi connectivity index (χ1n) is 4.81. The molecule has 0 aliphatic rings. The van der Waals surface area contributed by atoms with Crippen molar-refractivity contribution in [3.8, 4) is 0 Å². The largest absolute Gasteiger partial charge is 0.380 e. The monoisotopic (exact) mass is 215 g/mol. The molecule has 0 fully saturated rings. The predicted octanol–water partition coefficient (Wildman–Crippen LogP) is 2.09. The van der Waals surface area contributed by atoms with Crippen LogP contribution in [-0.2, 0) is 11.3 Å². The van der Waals surface area contributed by atoms with Crippen molar-refractivity contribution in [3.63, 3.8) is 0 Å². The third kappa shape index (κ3) is 3.57. The second-order valence-electron chi connectivity index (χ2n) is 3.38. The van der Waals surface area contributed by atoms with E-state index in [-0.39, 0.29) is 18.2 Å². The standard InChI is InChI=1S/C11H15F2NO/c1-8(15-2)6-14-7-9-10(12)4-3-5-11(9)13/h3-5,8,14H,6-7H2,1-2H3. The maximum absolute atomic E-state index is 13.1. The number of rotatable bonds is 5. The third-order valence-electron chi connectivity index (χ3n) is 2.20. The summed E-state index contributed by atoms with van der Waals surface area (Å²) < 4.78 is 31.3. The summed E-state index contributed by atoms with van der Waals surface area (Å²) >= 11 is 0. The van der Waals surface area contributed by atoms with E-state index in [1.54, 1.807) is 7.11 Å². The highest BCUT2D eigenvalue weighted by molar-refractivity contribution is 5.19. The molecule has 1 N–H and O–H groups in total. The van der Waals surface area contributed by atoms with E-state index in [0.717, 1.165) is 0 Å². The van der Waals surface area contributed by atoms with E-state index in [2.05, 4.69) is 5.32 Å². The molecule has 15 heavy (non-hydrogen) atoms. The molecule has 0 saturated heterocycles. The second-order valence-corrected chi connectivity index (χ2v) is 3.38. The van der Waals surface area contributed by atoms with Gasteiger partial charge in [-0.05, 0) is 19.1 Å². The lowest BCUT2D eigenvalue weighted by Gasteiger charge is -2.11. The molecule has 0 heterocycles. The first-order chi connectivity index (χ1) is 7.15. The van der Waals surface area contributed by atoms with Gasteiger partial charge in [0.1, 0.15) is 11.6 Å². The minimum atomic E-state index is -0.521. The van der Waals surface area contributed by atoms with Gasteiger partial charge < -0.3 is 10.1 Å². The molecule has 0 aliphatic heterocycles. The van der Waals surface area contributed by atoms with Crippen molar-refractivity contribution in [2.75, 3.05) is 13.7 Å². The fourth-order valence-electron chi connectivity index (χ4n) is 1.18. The van der Waals surface area contributed by atoms with Gasteiger partial charge in [0, 0.05) is 25.8 Å². The van der Waals surface area contributed by atoms with E-state index in [9.17, 15) is 8.78 Å². The van der Waals surface area contributed by atoms with E-state index >= 15 is 0 Å². The first kappa shape index (κ1) is 12.1. The molecular formula is C11H15F2NO. The smallest absolute Gasteiger partial charge is 0.130 e. The van der Waals surface area contributed by atoms with Crippen LogP contribution in [0.25, 0.3) is 0 Å². The van der Waals surface area contributed by atoms with Gasteiger partial charge in [0.15, 0.2) is 0 Å². The fraction of sp³-hybridized carbons (Fsp3) is 0.455. The molecule has 0 aliphatic carbocycles. The zero-order valence-electron chi connectivity index (χ0n) is 8.89. The zero-order chi connectivity index (χ0) is 11.3. The van der Waals surface area contributed by atoms with Crippen molar-refractivity contribution in [3.05, 3.63) is 35.4 Å². The van der Waals surface area contributed by atoms with Crippen LogP contribution < -0.4 is 5.32 Å². The summed E-state index contributed by atoms with van der Waals surface area (Å²) in [6.07, 6.45) is 0.0276. The van der Waals surface area contributed by atoms with E-state index in [4.69, 9.17) is 4.74 Å². The Labute approximate surface area is 88.3 Å². The molecule has 84 valence electrons. The van der Waals surface area contributed by atoms with Crippen molar-refractivity contribution in [2.24, 2.45) is 0 Å². The lowest BCUT2D eigenvalue weighted by Crippen LogP contribution is -2.26. The fourth-order valence-corrected chi connectivity index (χ4v) is 1.18. The van der Waals surface area contributed by atoms with Gasteiger partial charge >= 0.3 is 0 Å². The molecule has 1 aromatic carbocycles. The highest BCUT2D eigenvalue weighted by Gasteiger charge is 2.07. The summed E-state index contributed by atoms with van der Waals surface area (Å²) in [4.78, 5) is 0. The Morgan fingerprint density at radius 1 is 1.33 bits per heavy atom. The van der Waals surface area contributed by atoms with Crippen molar-refractivity contribution >= 4 is 0 Å². The topological polar surface area (TPSA) is 21.3 Å². The summed E-state index contributed by atoms with van der Waals surface area (Å²) in [7, 11) is 1.59. The summed E-state index contributed by atoms with van der Waals surface area (Å²) in [6, 6.07) is 3.85. The number of methoxy groups -OCH3 is 1. The van der Waals surface area contributed by atoms with E-state index in [1.807, 2.05) is 6.92 Å². The van der Waals surface area contributed by atoms with E-state index < -0.39 is 11.6 Å². The highest BCUT2D eigenvalue weighted by atomic mass is 19.1. The summed E-state index contributed by atoms with van der Waals surface area (Å²) in [5.41, 5.74) is 0.0702. The quantitative estimate of drug-likeness (QED) is 0.812. The van der Waals surface area contributed by atoms with Crippen molar-refractivity contribution in [1.29, 1.82) is 0 Å². The molecule has 4 heteroatoms. The van der Waals surface area contributed by atoms with Gasteiger partial charge in [0.05, 0.1) is 6.10 Å². The van der Waals surface area contributed by atoms with E-state index in [0.29, 0.717) is 6.54 Å². The predicted molar refractivity (Wildman–Crippen MR) is 54.5 cm³/mol. The van der Waals surface area contributed by atoms with Crippen LogP contribution in [0.15, 0.2) is 18.2 Å². The van der Waals surface area contributed by atoms with E-state index in [1.165, 1.54) is 18.2 Å². The Bertz CT molecular complexity index is 297. The molecule has 1 rings (SSSR count). The molecule has 1 unspecified atom stereocenters. The van der Waals surface area contributed by atoms with Gasteiger partial charge in [0.2, 0.25) is 0 Å². The number of hydrogen-bond donors (Lipinski definition) is 1. The lowest BCUT2D eigenvalue weighted by atomic mass is 10.2. The number of ether oxygens (including phenoxy) is 1. The molecular weight excluding hydrogens is 200 g/mol. The van der Waals surface area contributed by atoms with Gasteiger partial charge in [0.25, 0.3) is 0 Å². The van der Waals surface area contributed by atoms with Gasteiger partial charge in [-0.3, -0.25) is 0 Å². The Hall–Kier alpha value is -1.00. The van der Waals surface area contributed by atoms with Crippen LogP contribution in [0.4, 0.5) is 8.78 Å². The normalized spacial score (nSPS) is 12.8. The second kappa shape index (κ2) is 5.78. The van der Waals surface area contributed by atoms with Crippen LogP contribution in [0, 0.1) is 11.6 Å². The number of halogens is 2. The van der Waals surface area contributed by atoms with Crippen LogP contribution >= 0.6 is 0 Å². The molecule has 0 saturated carbocycles. The summed E-state index contributed by atoms with van der Waals surface area (Å²) in [6.45, 7) is 2.61. The number of hydrogen-bond acceptors (Lipinski definition) is 2. The Balaban J connectivity index is 2.50. The minimum Gasteiger partial charge on any atom is -0.380 e. The van der Waals surface area contributed by atoms with Crippen molar-refractivity contribution in [1.82, 2.24) is 5.32 Å². The highest BCUT2D eigenvalue weighted by Crippen LogP contribution is 2.11. The van der Waals surface area contributed by atoms with Crippen LogP contribution in [0.1, 0.15) is 12.5 Å². The minimum absolute atomic E-state index is 0.0276. The lowest BCUT2D eigenvalue weighted by molar-refractivity contribution is 0.117. The first-order valence-corrected chi connectivity index (χ1v) is 4.81. The van der Waals surface area contributed by atoms with Gasteiger partial charge in [-0.2, -0.15) is 0 Å². The van der Waals surface area contributed by atoms with Gasteiger partial charge in [-0.1, -0.05) is 6.07 Å². The third-order valence-corrected chi connectivity index (χ3v) is 2.20. The zero-order valence-corrected chi connectivity index (χ0v) is 8.89. The van der Waals surface area contributed by atoms with Crippen LogP contribution in [0.3, 0.4) is 0 Å². The van der Waals surface area contributed by atoms with Gasteiger partial charge in [-0.15, -0.1) is 0 Å². The maximum atomic E-state index is 13.1. The maximum Gasteiger partial charge on any atom is 0.130 e. The van der Waals surface area contributed by atoms with Crippen LogP contribution in [0.2, 0.25) is 0 Å². The Morgan fingerprint density at radius 3 is 2.47 bits per heavy atom. The molecule has 0 bridgehead atoms. The van der Waals surface area contributed by atoms with Crippen molar-refractivity contribution < 1.29 is 13.5 Å². The SMILES string of the molecule is COC(C)CNCc1c(F)cccc1F. The molecule has 0 aromatic heterocycles. The molecule has 0 spiro atoms. The summed E-state index contributed by atoms with van der Waals surface area (Å²) in [5.74, 6) is -1.04. The van der Waals surface area contributed by atoms with Crippen LogP contribution in [0.5, 0.6) is 0 Å². The molecule has 0 amide bonds. The number of nitrogens with one attached hydrogen (secondary N) is 1. The molecule has 2 nitrogen and oxygen atoms in total.